The molecule has 0 fully saturated rings. The van der Waals surface area contributed by atoms with Crippen molar-refractivity contribution in [2.45, 2.75) is 207 Å². The van der Waals surface area contributed by atoms with Gasteiger partial charge in [-0.15, -0.1) is 0 Å². The quantitative estimate of drug-likeness (QED) is 0.0279. The number of rotatable bonds is 43. The summed E-state index contributed by atoms with van der Waals surface area (Å²) in [5, 5.41) is 0. The van der Waals surface area contributed by atoms with Crippen LogP contribution in [0.1, 0.15) is 201 Å². The first-order valence-electron chi connectivity index (χ1n) is 23.9. The lowest BCUT2D eigenvalue weighted by molar-refractivity contribution is -0.161. The summed E-state index contributed by atoms with van der Waals surface area (Å²) < 4.78 is 32.6. The average Bonchev–Trinajstić information content (AvgIpc) is 3.23. The van der Waals surface area contributed by atoms with Crippen LogP contribution in [0.15, 0.2) is 85.1 Å². The lowest BCUT2D eigenvalue weighted by Gasteiger charge is -2.19. The van der Waals surface area contributed by atoms with Crippen LogP contribution < -0.4 is 0 Å². The van der Waals surface area contributed by atoms with Gasteiger partial charge in [0.05, 0.1) is 13.2 Å². The molecule has 9 heteroatoms. The summed E-state index contributed by atoms with van der Waals surface area (Å²) in [6, 6.07) is 0. The minimum atomic E-state index is -4.31. The fourth-order valence-corrected chi connectivity index (χ4v) is 6.99. The summed E-state index contributed by atoms with van der Waals surface area (Å²) >= 11 is 0. The van der Waals surface area contributed by atoms with E-state index in [1.54, 1.807) is 6.92 Å². The first-order valence-corrected chi connectivity index (χ1v) is 25.4. The number of carbonyl (C=O) groups excluding carboxylic acids is 2. The van der Waals surface area contributed by atoms with Crippen molar-refractivity contribution in [1.29, 1.82) is 0 Å². The van der Waals surface area contributed by atoms with Crippen molar-refractivity contribution in [3.63, 3.8) is 0 Å². The zero-order chi connectivity index (χ0) is 43.9. The SMILES string of the molecule is CC/C=C\C/C=C\C/C=C\C/C=C\C/C=C\C/C=C\CCC(=O)OC(COC(=O)CCCCCCCCCCC/C=C\CCCCCCCCCC)COP(=O)(O)OCC. The second-order valence-corrected chi connectivity index (χ2v) is 16.8. The molecule has 344 valence electrons. The largest absolute Gasteiger partial charge is 0.472 e. The fourth-order valence-electron chi connectivity index (χ4n) is 6.24. The molecular formula is C51H87O8P. The van der Waals surface area contributed by atoms with Crippen molar-refractivity contribution in [1.82, 2.24) is 0 Å². The van der Waals surface area contributed by atoms with Gasteiger partial charge in [0.2, 0.25) is 0 Å². The minimum absolute atomic E-state index is 0.0174. The molecular weight excluding hydrogens is 772 g/mol. The maximum atomic E-state index is 12.6. The van der Waals surface area contributed by atoms with Crippen LogP contribution >= 0.6 is 7.82 Å². The van der Waals surface area contributed by atoms with Gasteiger partial charge in [-0.25, -0.2) is 4.57 Å². The normalized spacial score (nSPS) is 14.0. The number of phosphoric ester groups is 1. The van der Waals surface area contributed by atoms with Crippen LogP contribution in [-0.2, 0) is 32.7 Å². The van der Waals surface area contributed by atoms with Crippen LogP contribution in [0.4, 0.5) is 0 Å². The molecule has 60 heavy (non-hydrogen) atoms. The zero-order valence-corrected chi connectivity index (χ0v) is 39.2. The number of allylic oxidation sites excluding steroid dienone is 14. The molecule has 0 saturated carbocycles. The lowest BCUT2D eigenvalue weighted by Crippen LogP contribution is -2.29. The molecule has 0 heterocycles. The predicted molar refractivity (Wildman–Crippen MR) is 253 cm³/mol. The Morgan fingerprint density at radius 2 is 0.883 bits per heavy atom. The number of ether oxygens (including phenoxy) is 2. The fraction of sp³-hybridized carbons (Fsp3) is 0.686. The first-order chi connectivity index (χ1) is 29.3. The Kier molecular flexibility index (Phi) is 43.6. The Morgan fingerprint density at radius 1 is 0.467 bits per heavy atom. The van der Waals surface area contributed by atoms with Gasteiger partial charge >= 0.3 is 19.8 Å². The van der Waals surface area contributed by atoms with E-state index in [0.717, 1.165) is 57.8 Å². The van der Waals surface area contributed by atoms with E-state index in [-0.39, 0.29) is 26.1 Å². The standard InChI is InChI=1S/C51H87O8P/c1-4-7-9-11-13-15-17-19-21-23-25-26-28-29-31-33-35-37-39-41-43-45-50(52)56-47-49(48-58-60(54,55)57-6-3)59-51(53)46-44-42-40-38-36-34-32-30-27-24-22-20-18-16-14-12-10-8-5-2/h8,10,14,16,20,22-23,25,27,30,34,36,40,42,49H,4-7,9,11-13,15,17-19,21,24,26,28-29,31-33,35,37-39,41,43-48H2,1-3H3,(H,54,55)/b10-8-,16-14-,22-20-,25-23-,30-27-,36-34-,42-40-. The molecule has 0 amide bonds. The highest BCUT2D eigenvalue weighted by Gasteiger charge is 2.25. The van der Waals surface area contributed by atoms with E-state index in [1.807, 2.05) is 12.2 Å². The Labute approximate surface area is 367 Å². The highest BCUT2D eigenvalue weighted by molar-refractivity contribution is 7.47. The zero-order valence-electron chi connectivity index (χ0n) is 38.3. The van der Waals surface area contributed by atoms with E-state index in [9.17, 15) is 19.0 Å². The first kappa shape index (κ1) is 57.2. The molecule has 0 spiro atoms. The third-order valence-corrected chi connectivity index (χ3v) is 10.8. The Morgan fingerprint density at radius 3 is 1.35 bits per heavy atom. The molecule has 0 aromatic heterocycles. The third-order valence-electron chi connectivity index (χ3n) is 9.70. The van der Waals surface area contributed by atoms with Gasteiger partial charge in [0, 0.05) is 12.8 Å². The molecule has 0 aromatic carbocycles. The van der Waals surface area contributed by atoms with Gasteiger partial charge in [-0.3, -0.25) is 18.6 Å². The summed E-state index contributed by atoms with van der Waals surface area (Å²) in [6.45, 7) is 5.28. The maximum absolute atomic E-state index is 12.6. The molecule has 0 saturated heterocycles. The second kappa shape index (κ2) is 45.7. The van der Waals surface area contributed by atoms with Gasteiger partial charge in [-0.2, -0.15) is 0 Å². The number of hydrogen-bond donors (Lipinski definition) is 1. The van der Waals surface area contributed by atoms with E-state index < -0.39 is 32.5 Å². The summed E-state index contributed by atoms with van der Waals surface area (Å²) in [5.74, 6) is -0.901. The molecule has 0 bridgehead atoms. The van der Waals surface area contributed by atoms with Crippen molar-refractivity contribution < 1.29 is 37.6 Å². The topological polar surface area (TPSA) is 108 Å². The summed E-state index contributed by atoms with van der Waals surface area (Å²) in [7, 11) is -4.31. The second-order valence-electron chi connectivity index (χ2n) is 15.4. The van der Waals surface area contributed by atoms with Gasteiger partial charge in [0.15, 0.2) is 6.10 Å². The van der Waals surface area contributed by atoms with Crippen LogP contribution in [0.2, 0.25) is 0 Å². The molecule has 0 aliphatic rings. The summed E-state index contributed by atoms with van der Waals surface area (Å²) in [5.41, 5.74) is 0. The third kappa shape index (κ3) is 44.8. The molecule has 0 aliphatic carbocycles. The van der Waals surface area contributed by atoms with E-state index in [2.05, 4.69) is 86.8 Å². The van der Waals surface area contributed by atoms with E-state index in [0.29, 0.717) is 6.42 Å². The maximum Gasteiger partial charge on any atom is 0.472 e. The molecule has 0 aromatic rings. The van der Waals surface area contributed by atoms with E-state index in [1.165, 1.54) is 103 Å². The highest BCUT2D eigenvalue weighted by Crippen LogP contribution is 2.43. The van der Waals surface area contributed by atoms with Gasteiger partial charge in [0.1, 0.15) is 6.61 Å². The van der Waals surface area contributed by atoms with Gasteiger partial charge in [-0.05, 0) is 84.0 Å². The Bertz CT molecular complexity index is 1250. The number of phosphoric acid groups is 1. The van der Waals surface area contributed by atoms with E-state index in [4.69, 9.17) is 18.5 Å². The average molecular weight is 859 g/mol. The van der Waals surface area contributed by atoms with Crippen LogP contribution in [0, 0.1) is 0 Å². The number of unbranched alkanes of at least 4 members (excludes halogenated alkanes) is 17. The van der Waals surface area contributed by atoms with Gasteiger partial charge in [0.25, 0.3) is 0 Å². The minimum Gasteiger partial charge on any atom is -0.462 e. The predicted octanol–water partition coefficient (Wildman–Crippen LogP) is 15.5. The smallest absolute Gasteiger partial charge is 0.462 e. The van der Waals surface area contributed by atoms with Crippen LogP contribution in [0.25, 0.3) is 0 Å². The van der Waals surface area contributed by atoms with Crippen LogP contribution in [0.5, 0.6) is 0 Å². The molecule has 2 atom stereocenters. The van der Waals surface area contributed by atoms with Crippen molar-refractivity contribution in [3.05, 3.63) is 85.1 Å². The molecule has 1 N–H and O–H groups in total. The van der Waals surface area contributed by atoms with Crippen LogP contribution in [-0.4, -0.2) is 42.8 Å². The molecule has 0 radical (unpaired) electrons. The molecule has 2 unspecified atom stereocenters. The highest BCUT2D eigenvalue weighted by atomic mass is 31.2. The van der Waals surface area contributed by atoms with Crippen molar-refractivity contribution in [2.24, 2.45) is 0 Å². The Balaban J connectivity index is 4.14. The number of hydrogen-bond acceptors (Lipinski definition) is 7. The lowest BCUT2D eigenvalue weighted by atomic mass is 10.1. The summed E-state index contributed by atoms with van der Waals surface area (Å²) in [6.07, 6.45) is 59.5. The monoisotopic (exact) mass is 859 g/mol. The van der Waals surface area contributed by atoms with Crippen LogP contribution in [0.3, 0.4) is 0 Å². The molecule has 0 aliphatic heterocycles. The summed E-state index contributed by atoms with van der Waals surface area (Å²) in [4.78, 5) is 34.8. The van der Waals surface area contributed by atoms with Crippen molar-refractivity contribution >= 4 is 19.8 Å². The van der Waals surface area contributed by atoms with Crippen molar-refractivity contribution in [2.75, 3.05) is 19.8 Å². The number of esters is 2. The molecule has 8 nitrogen and oxygen atoms in total. The van der Waals surface area contributed by atoms with Gasteiger partial charge < -0.3 is 14.4 Å². The van der Waals surface area contributed by atoms with Crippen molar-refractivity contribution in [3.8, 4) is 0 Å². The number of carbonyl (C=O) groups is 2. The van der Waals surface area contributed by atoms with Gasteiger partial charge in [-0.1, -0.05) is 189 Å². The Hall–Kier alpha value is -2.77. The molecule has 0 rings (SSSR count). The van der Waals surface area contributed by atoms with E-state index >= 15 is 0 Å².